The van der Waals surface area contributed by atoms with Crippen molar-refractivity contribution in [2.45, 2.75) is 143 Å². The van der Waals surface area contributed by atoms with Crippen molar-refractivity contribution in [3.8, 4) is 0 Å². The zero-order chi connectivity index (χ0) is 38.4. The quantitative estimate of drug-likeness (QED) is 0.187. The molecule has 12 heteroatoms. The molecule has 4 aliphatic carbocycles. The van der Waals surface area contributed by atoms with Crippen molar-refractivity contribution in [1.29, 1.82) is 0 Å². The van der Waals surface area contributed by atoms with Crippen LogP contribution in [0.3, 0.4) is 0 Å². The molecule has 4 aromatic heterocycles. The van der Waals surface area contributed by atoms with Gasteiger partial charge in [0.05, 0.1) is 84.2 Å². The van der Waals surface area contributed by atoms with E-state index in [-0.39, 0.29) is 33.2 Å². The Hall–Kier alpha value is -3.42. The minimum atomic E-state index is -0.239. The van der Waals surface area contributed by atoms with Crippen LogP contribution in [0.2, 0.25) is 0 Å². The number of imidazole rings is 2. The van der Waals surface area contributed by atoms with Gasteiger partial charge in [-0.3, -0.25) is 18.8 Å². The molecule has 0 bridgehead atoms. The molecule has 0 spiro atoms. The first-order valence-corrected chi connectivity index (χ1v) is 21.6. The average molecular weight is 854 g/mol. The summed E-state index contributed by atoms with van der Waals surface area (Å²) in [5.41, 5.74) is 12.7. The molecule has 3 fully saturated rings. The lowest BCUT2D eigenvalue weighted by molar-refractivity contribution is 0.00578. The molecule has 0 radical (unpaired) electrons. The molecule has 0 unspecified atom stereocenters. The number of halogens is 1. The highest BCUT2D eigenvalue weighted by Gasteiger charge is 2.52. The largest absolute Gasteiger partial charge is 0.490 e. The number of rotatable bonds is 4. The Morgan fingerprint density at radius 1 is 0.672 bits per heavy atom. The van der Waals surface area contributed by atoms with Crippen molar-refractivity contribution in [2.75, 3.05) is 26.4 Å². The summed E-state index contributed by atoms with van der Waals surface area (Å²) in [4.78, 5) is 18.8. The lowest BCUT2D eigenvalue weighted by Gasteiger charge is -2.32. The van der Waals surface area contributed by atoms with Crippen LogP contribution in [0, 0.1) is 0 Å². The topological polar surface area (TPSA) is 97.3 Å². The van der Waals surface area contributed by atoms with E-state index in [1.165, 1.54) is 96.5 Å². The van der Waals surface area contributed by atoms with Gasteiger partial charge >= 0.3 is 7.12 Å². The summed E-state index contributed by atoms with van der Waals surface area (Å²) in [6.45, 7) is 11.3. The number of hydrogen-bond donors (Lipinski definition) is 0. The van der Waals surface area contributed by atoms with Gasteiger partial charge in [-0.05, 0) is 98.8 Å². The van der Waals surface area contributed by atoms with E-state index in [4.69, 9.17) is 28.8 Å². The van der Waals surface area contributed by atoms with Crippen LogP contribution >= 0.6 is 15.9 Å². The van der Waals surface area contributed by atoms with Gasteiger partial charge in [0.15, 0.2) is 11.3 Å². The molecule has 0 amide bonds. The van der Waals surface area contributed by atoms with Crippen molar-refractivity contribution in [3.63, 3.8) is 0 Å². The van der Waals surface area contributed by atoms with E-state index >= 15 is 0 Å². The molecule has 3 aliphatic heterocycles. The van der Waals surface area contributed by atoms with Crippen LogP contribution < -0.4 is 0 Å². The third-order valence-electron chi connectivity index (χ3n) is 13.1. The van der Waals surface area contributed by atoms with Crippen LogP contribution in [0.1, 0.15) is 153 Å². The Kier molecular flexibility index (Phi) is 13.0. The second-order valence-corrected chi connectivity index (χ2v) is 18.0. The van der Waals surface area contributed by atoms with E-state index in [9.17, 15) is 0 Å². The second-order valence-electron chi connectivity index (χ2n) is 17.2. The van der Waals surface area contributed by atoms with Crippen molar-refractivity contribution < 1.29 is 18.8 Å². The summed E-state index contributed by atoms with van der Waals surface area (Å²) in [7, 11) is -0.182. The molecule has 4 aromatic rings. The SMILES string of the molecule is BrC1=CCc2ncc3nc(C4CCCC4)cn3c21.C.C.C1=C(C2=CCc3ncc4nc(C5CCCC5)cn4c32)CCOC1.CC1(C)OB(C2=CCOCC2)OC1(C)C. The van der Waals surface area contributed by atoms with E-state index in [0.29, 0.717) is 18.4 Å². The fourth-order valence-corrected chi connectivity index (χ4v) is 9.68. The number of nitrogens with zero attached hydrogens (tertiary/aromatic N) is 6. The molecule has 11 rings (SSSR count). The first kappa shape index (κ1) is 42.7. The second kappa shape index (κ2) is 17.7. The monoisotopic (exact) mass is 852 g/mol. The zero-order valence-corrected chi connectivity index (χ0v) is 34.9. The Balaban J connectivity index is 0.000000133. The lowest BCUT2D eigenvalue weighted by atomic mass is 9.75. The zero-order valence-electron chi connectivity index (χ0n) is 33.4. The number of allylic oxidation sites excluding steroid dienone is 3. The maximum Gasteiger partial charge on any atom is 0.490 e. The van der Waals surface area contributed by atoms with Crippen LogP contribution in [0.25, 0.3) is 21.3 Å². The third-order valence-corrected chi connectivity index (χ3v) is 13.8. The Morgan fingerprint density at radius 2 is 1.19 bits per heavy atom. The minimum absolute atomic E-state index is 0. The van der Waals surface area contributed by atoms with Gasteiger partial charge in [-0.25, -0.2) is 9.97 Å². The first-order chi connectivity index (χ1) is 27.1. The molecule has 1 saturated heterocycles. The maximum atomic E-state index is 5.96. The predicted octanol–water partition coefficient (Wildman–Crippen LogP) is 10.6. The van der Waals surface area contributed by atoms with Crippen LogP contribution in [-0.4, -0.2) is 73.5 Å². The fourth-order valence-electron chi connectivity index (χ4n) is 9.10. The van der Waals surface area contributed by atoms with Gasteiger partial charge in [-0.1, -0.05) is 64.8 Å². The molecule has 58 heavy (non-hydrogen) atoms. The van der Waals surface area contributed by atoms with Gasteiger partial charge < -0.3 is 18.8 Å². The molecule has 2 saturated carbocycles. The summed E-state index contributed by atoms with van der Waals surface area (Å²) in [6, 6.07) is 0. The fraction of sp³-hybridized carbons (Fsp3) is 0.565. The van der Waals surface area contributed by atoms with Crippen molar-refractivity contribution >= 4 is 44.4 Å². The lowest BCUT2D eigenvalue weighted by Crippen LogP contribution is -2.41. The Morgan fingerprint density at radius 3 is 1.72 bits per heavy atom. The molecular formula is C46H62BBrN6O4. The van der Waals surface area contributed by atoms with Gasteiger partial charge in [0.2, 0.25) is 0 Å². The molecular weight excluding hydrogens is 791 g/mol. The Labute approximate surface area is 353 Å². The van der Waals surface area contributed by atoms with Crippen molar-refractivity contribution in [2.24, 2.45) is 0 Å². The molecule has 7 aliphatic rings. The van der Waals surface area contributed by atoms with Crippen LogP contribution in [-0.2, 0) is 31.6 Å². The van der Waals surface area contributed by atoms with E-state index in [1.807, 2.05) is 12.4 Å². The van der Waals surface area contributed by atoms with Gasteiger partial charge in [0.25, 0.3) is 0 Å². The highest BCUT2D eigenvalue weighted by molar-refractivity contribution is 9.15. The van der Waals surface area contributed by atoms with Crippen LogP contribution in [0.5, 0.6) is 0 Å². The minimum Gasteiger partial charge on any atom is -0.400 e. The standard InChI is InChI=1S/C19H21N3O.C14H14BrN3.C11H19BO3.2CH4/c1-2-4-14(3-1)17-12-22-18(21-17)11-20-16-6-5-15(19(16)22)13-7-9-23-10-8-13;15-10-5-6-11-14(10)18-8-12(9-3-1-2-4-9)17-13(18)7-16-11;1-10(2)11(3,4)15-12(14-10)9-5-7-13-8-6-9;;/h5,7,11-12,14H,1-4,6,8-10H2;5,7-9H,1-4,6H2;5H,6-8H2,1-4H3;2*1H4. The van der Waals surface area contributed by atoms with Crippen molar-refractivity contribution in [1.82, 2.24) is 28.7 Å². The van der Waals surface area contributed by atoms with Crippen molar-refractivity contribution in [3.05, 3.63) is 94.3 Å². The third kappa shape index (κ3) is 8.33. The number of fused-ring (bicyclic) bond motifs is 6. The van der Waals surface area contributed by atoms with Gasteiger partial charge in [0.1, 0.15) is 0 Å². The van der Waals surface area contributed by atoms with Gasteiger partial charge in [0, 0.05) is 41.6 Å². The summed E-state index contributed by atoms with van der Waals surface area (Å²) in [5.74, 6) is 1.30. The molecule has 0 aromatic carbocycles. The highest BCUT2D eigenvalue weighted by atomic mass is 79.9. The maximum absolute atomic E-state index is 5.96. The first-order valence-electron chi connectivity index (χ1n) is 20.8. The number of ether oxygens (including phenoxy) is 2. The van der Waals surface area contributed by atoms with Crippen LogP contribution in [0.4, 0.5) is 0 Å². The smallest absolute Gasteiger partial charge is 0.400 e. The van der Waals surface area contributed by atoms with E-state index in [1.54, 1.807) is 0 Å². The summed E-state index contributed by atoms with van der Waals surface area (Å²) in [5, 5.41) is 0. The summed E-state index contributed by atoms with van der Waals surface area (Å²) >= 11 is 3.62. The van der Waals surface area contributed by atoms with Gasteiger partial charge in [-0.2, -0.15) is 0 Å². The summed E-state index contributed by atoms with van der Waals surface area (Å²) in [6.07, 6.45) is 31.4. The van der Waals surface area contributed by atoms with Crippen LogP contribution in [0.15, 0.2) is 60.1 Å². The molecule has 0 atom stereocenters. The molecule has 10 nitrogen and oxygen atoms in total. The van der Waals surface area contributed by atoms with Gasteiger partial charge in [-0.15, -0.1) is 0 Å². The Bertz CT molecular complexity index is 2220. The molecule has 0 N–H and O–H groups in total. The molecule has 7 heterocycles. The highest BCUT2D eigenvalue weighted by Crippen LogP contribution is 2.41. The van der Waals surface area contributed by atoms with E-state index < -0.39 is 0 Å². The predicted molar refractivity (Wildman–Crippen MR) is 237 cm³/mol. The average Bonchev–Trinajstić information content (AvgIpc) is 4.06. The molecule has 310 valence electrons. The number of aromatic nitrogens is 6. The van der Waals surface area contributed by atoms with E-state index in [0.717, 1.165) is 67.0 Å². The summed E-state index contributed by atoms with van der Waals surface area (Å²) < 4.78 is 28.3. The normalized spacial score (nSPS) is 22.1. The number of hydrogen-bond acceptors (Lipinski definition) is 8. The van der Waals surface area contributed by atoms with E-state index in [2.05, 4.69) is 99.1 Å².